The van der Waals surface area contributed by atoms with E-state index in [4.69, 9.17) is 10.5 Å². The van der Waals surface area contributed by atoms with Crippen LogP contribution in [0.15, 0.2) is 72.8 Å². The van der Waals surface area contributed by atoms with E-state index in [-0.39, 0.29) is 23.0 Å². The first-order chi connectivity index (χ1) is 20.1. The maximum atomic E-state index is 13.9. The molecule has 0 bridgehead atoms. The van der Waals surface area contributed by atoms with Crippen LogP contribution in [0.5, 0.6) is 5.75 Å². The van der Waals surface area contributed by atoms with Crippen LogP contribution in [-0.4, -0.2) is 57.3 Å². The molecule has 1 amide bonds. The highest BCUT2D eigenvalue weighted by Crippen LogP contribution is 2.32. The summed E-state index contributed by atoms with van der Waals surface area (Å²) in [6.45, 7) is 4.75. The molecule has 1 aliphatic rings. The quantitative estimate of drug-likeness (QED) is 0.283. The number of aryl methyl sites for hydroxylation is 2. The number of hydrogen-bond acceptors (Lipinski definition) is 6. The number of hydrogen-bond donors (Lipinski definition) is 1. The standard InChI is InChI=1S/C34H41N5O3/c1-34(2,26-8-6-5-7-9-26)21-28(35)33(41)39-22-25(18-23-10-14-27(42-4)15-11-23)20-31(39)32(40)17-13-24-12-16-30-29(19-24)36-37-38(30)3/h5-12,14-16,19,25,28,31H,13,17-18,20-22,35H2,1-4H3/t25-,28?,31+/m1/s1. The minimum Gasteiger partial charge on any atom is -0.497 e. The van der Waals surface area contributed by atoms with Gasteiger partial charge in [0, 0.05) is 20.0 Å². The number of nitrogens with zero attached hydrogens (tertiary/aromatic N) is 4. The third kappa shape index (κ3) is 6.54. The number of carbonyl (C=O) groups excluding carboxylic acids is 2. The Kier molecular flexibility index (Phi) is 8.73. The monoisotopic (exact) mass is 567 g/mol. The van der Waals surface area contributed by atoms with E-state index in [0.717, 1.165) is 39.9 Å². The summed E-state index contributed by atoms with van der Waals surface area (Å²) in [7, 11) is 3.51. The Hall–Kier alpha value is -4.04. The van der Waals surface area contributed by atoms with Gasteiger partial charge in [-0.25, -0.2) is 4.68 Å². The molecule has 2 N–H and O–H groups in total. The molecular weight excluding hydrogens is 526 g/mol. The normalized spacial score (nSPS) is 17.9. The molecule has 42 heavy (non-hydrogen) atoms. The van der Waals surface area contributed by atoms with Crippen LogP contribution < -0.4 is 10.5 Å². The lowest BCUT2D eigenvalue weighted by atomic mass is 9.79. The van der Waals surface area contributed by atoms with Crippen molar-refractivity contribution in [1.29, 1.82) is 0 Å². The number of Topliss-reactive ketones (excluding diaryl/α,β-unsaturated/α-hetero) is 1. The summed E-state index contributed by atoms with van der Waals surface area (Å²) >= 11 is 0. The van der Waals surface area contributed by atoms with Crippen LogP contribution in [0.3, 0.4) is 0 Å². The SMILES string of the molecule is COc1ccc(C[C@@H]2C[C@@H](C(=O)CCc3ccc4c(c3)nnn4C)N(C(=O)C(N)CC(C)(C)c3ccccc3)C2)cc1. The highest BCUT2D eigenvalue weighted by atomic mass is 16.5. The Morgan fingerprint density at radius 2 is 1.76 bits per heavy atom. The summed E-state index contributed by atoms with van der Waals surface area (Å²) in [5, 5.41) is 8.28. The number of ether oxygens (including phenoxy) is 1. The Bertz CT molecular complexity index is 1530. The first-order valence-corrected chi connectivity index (χ1v) is 14.7. The number of methoxy groups -OCH3 is 1. The molecule has 0 radical (unpaired) electrons. The summed E-state index contributed by atoms with van der Waals surface area (Å²) in [4.78, 5) is 29.4. The zero-order chi connectivity index (χ0) is 29.9. The number of nitrogens with two attached hydrogens (primary N) is 1. The Morgan fingerprint density at radius 3 is 2.48 bits per heavy atom. The van der Waals surface area contributed by atoms with Crippen LogP contribution >= 0.6 is 0 Å². The Balaban J connectivity index is 1.31. The van der Waals surface area contributed by atoms with E-state index in [9.17, 15) is 9.59 Å². The molecule has 3 atom stereocenters. The predicted molar refractivity (Wildman–Crippen MR) is 164 cm³/mol. The van der Waals surface area contributed by atoms with Crippen LogP contribution in [0.1, 0.15) is 49.8 Å². The van der Waals surface area contributed by atoms with Gasteiger partial charge in [-0.3, -0.25) is 9.59 Å². The first-order valence-electron chi connectivity index (χ1n) is 14.7. The largest absolute Gasteiger partial charge is 0.497 e. The molecule has 1 aromatic heterocycles. The summed E-state index contributed by atoms with van der Waals surface area (Å²) in [6.07, 6.45) is 2.84. The molecule has 1 fully saturated rings. The molecule has 0 saturated carbocycles. The van der Waals surface area contributed by atoms with Crippen LogP contribution in [0.2, 0.25) is 0 Å². The van der Waals surface area contributed by atoms with Gasteiger partial charge in [0.1, 0.15) is 11.3 Å². The molecule has 0 aliphatic carbocycles. The molecule has 5 rings (SSSR count). The minimum absolute atomic E-state index is 0.0781. The van der Waals surface area contributed by atoms with E-state index >= 15 is 0 Å². The number of rotatable bonds is 11. The second kappa shape index (κ2) is 12.4. The highest BCUT2D eigenvalue weighted by Gasteiger charge is 2.41. The van der Waals surface area contributed by atoms with E-state index < -0.39 is 12.1 Å². The summed E-state index contributed by atoms with van der Waals surface area (Å²) in [5.74, 6) is 0.910. The molecule has 4 aromatic rings. The van der Waals surface area contributed by atoms with Crippen molar-refractivity contribution in [1.82, 2.24) is 19.9 Å². The lowest BCUT2D eigenvalue weighted by Gasteiger charge is -2.32. The Morgan fingerprint density at radius 1 is 1.05 bits per heavy atom. The number of amides is 1. The molecule has 1 aliphatic heterocycles. The van der Waals surface area contributed by atoms with Crippen molar-refractivity contribution in [2.24, 2.45) is 18.7 Å². The average Bonchev–Trinajstić information content (AvgIpc) is 3.59. The van der Waals surface area contributed by atoms with Gasteiger partial charge in [-0.05, 0) is 78.0 Å². The van der Waals surface area contributed by atoms with Gasteiger partial charge >= 0.3 is 0 Å². The van der Waals surface area contributed by atoms with E-state index in [2.05, 4.69) is 48.4 Å². The van der Waals surface area contributed by atoms with E-state index in [0.29, 0.717) is 32.2 Å². The van der Waals surface area contributed by atoms with E-state index in [1.807, 2.05) is 55.6 Å². The van der Waals surface area contributed by atoms with Crippen molar-refractivity contribution in [3.05, 3.63) is 89.5 Å². The Labute approximate surface area is 247 Å². The third-order valence-corrected chi connectivity index (χ3v) is 8.66. The zero-order valence-corrected chi connectivity index (χ0v) is 25.0. The highest BCUT2D eigenvalue weighted by molar-refractivity contribution is 5.91. The van der Waals surface area contributed by atoms with E-state index in [1.54, 1.807) is 16.7 Å². The van der Waals surface area contributed by atoms with Crippen molar-refractivity contribution < 1.29 is 14.3 Å². The molecule has 3 aromatic carbocycles. The lowest BCUT2D eigenvalue weighted by molar-refractivity contribution is -0.139. The molecular formula is C34H41N5O3. The minimum atomic E-state index is -0.700. The number of aromatic nitrogens is 3. The van der Waals surface area contributed by atoms with Crippen LogP contribution in [0, 0.1) is 5.92 Å². The predicted octanol–water partition coefficient (Wildman–Crippen LogP) is 4.63. The van der Waals surface area contributed by atoms with Crippen molar-refractivity contribution in [2.75, 3.05) is 13.7 Å². The molecule has 1 unspecified atom stereocenters. The lowest BCUT2D eigenvalue weighted by Crippen LogP contribution is -2.50. The fourth-order valence-electron chi connectivity index (χ4n) is 6.25. The van der Waals surface area contributed by atoms with Gasteiger partial charge in [-0.15, -0.1) is 5.10 Å². The maximum Gasteiger partial charge on any atom is 0.240 e. The average molecular weight is 568 g/mol. The summed E-state index contributed by atoms with van der Waals surface area (Å²) in [5.41, 5.74) is 11.4. The van der Waals surface area contributed by atoms with Crippen molar-refractivity contribution in [2.45, 2.75) is 63.5 Å². The van der Waals surface area contributed by atoms with Crippen LogP contribution in [0.25, 0.3) is 11.0 Å². The molecule has 2 heterocycles. The molecule has 8 heteroatoms. The summed E-state index contributed by atoms with van der Waals surface area (Å²) in [6, 6.07) is 23.0. The van der Waals surface area contributed by atoms with Gasteiger partial charge in [0.25, 0.3) is 0 Å². The van der Waals surface area contributed by atoms with Crippen molar-refractivity contribution in [3.8, 4) is 5.75 Å². The van der Waals surface area contributed by atoms with Crippen LogP contribution in [-0.2, 0) is 34.9 Å². The zero-order valence-electron chi connectivity index (χ0n) is 25.0. The van der Waals surface area contributed by atoms with Gasteiger partial charge in [-0.2, -0.15) is 0 Å². The second-order valence-electron chi connectivity index (χ2n) is 12.2. The van der Waals surface area contributed by atoms with Crippen LogP contribution in [0.4, 0.5) is 0 Å². The van der Waals surface area contributed by atoms with E-state index in [1.165, 1.54) is 0 Å². The molecule has 0 spiro atoms. The van der Waals surface area contributed by atoms with Gasteiger partial charge in [0.15, 0.2) is 5.78 Å². The fourth-order valence-corrected chi connectivity index (χ4v) is 6.25. The summed E-state index contributed by atoms with van der Waals surface area (Å²) < 4.78 is 7.04. The number of ketones is 1. The molecule has 1 saturated heterocycles. The van der Waals surface area contributed by atoms with Gasteiger partial charge < -0.3 is 15.4 Å². The number of carbonyl (C=O) groups is 2. The van der Waals surface area contributed by atoms with Gasteiger partial charge in [-0.1, -0.05) is 67.6 Å². The number of likely N-dealkylation sites (tertiary alicyclic amines) is 1. The topological polar surface area (TPSA) is 103 Å². The number of fused-ring (bicyclic) bond motifs is 1. The first kappa shape index (κ1) is 29.5. The van der Waals surface area contributed by atoms with Crippen molar-refractivity contribution in [3.63, 3.8) is 0 Å². The van der Waals surface area contributed by atoms with Crippen molar-refractivity contribution >= 4 is 22.7 Å². The van der Waals surface area contributed by atoms with Gasteiger partial charge in [0.05, 0.1) is 24.7 Å². The molecule has 8 nitrogen and oxygen atoms in total. The van der Waals surface area contributed by atoms with Gasteiger partial charge in [0.2, 0.25) is 5.91 Å². The maximum absolute atomic E-state index is 13.9. The smallest absolute Gasteiger partial charge is 0.240 e. The molecule has 220 valence electrons. The fraction of sp³-hybridized carbons (Fsp3) is 0.412. The number of benzene rings is 3. The second-order valence-corrected chi connectivity index (χ2v) is 12.2. The third-order valence-electron chi connectivity index (χ3n) is 8.66.